The number of aromatic nitrogens is 1. The molecule has 7 nitrogen and oxygen atoms in total. The molecule has 1 amide bonds. The van der Waals surface area contributed by atoms with E-state index >= 15 is 0 Å². The standard InChI is InChI=1S/C27H21FN2O5S/c1-3-35-20-13-16(7-11-19(20)31)23-22(24(32)15-5-8-17(28)9-6-15)25(33)26(34)30(23)27-29-18-10-4-14(2)12-21(18)36-27/h4-13,23,31-32H,3H2,1-2H3. The second kappa shape index (κ2) is 9.09. The lowest BCUT2D eigenvalue weighted by atomic mass is 9.95. The molecule has 1 aromatic heterocycles. The molecule has 1 aliphatic rings. The first-order chi connectivity index (χ1) is 17.3. The van der Waals surface area contributed by atoms with Gasteiger partial charge in [-0.2, -0.15) is 0 Å². The molecule has 2 heterocycles. The normalized spacial score (nSPS) is 17.2. The number of aryl methyl sites for hydroxylation is 1. The number of thiazole rings is 1. The predicted octanol–water partition coefficient (Wildman–Crippen LogP) is 5.47. The number of hydrogen-bond donors (Lipinski definition) is 2. The number of carbonyl (C=O) groups is 2. The molecule has 4 aromatic rings. The van der Waals surface area contributed by atoms with Crippen LogP contribution in [-0.2, 0) is 9.59 Å². The van der Waals surface area contributed by atoms with Crippen LogP contribution in [0.15, 0.2) is 66.2 Å². The lowest BCUT2D eigenvalue weighted by Crippen LogP contribution is -2.29. The van der Waals surface area contributed by atoms with Crippen molar-refractivity contribution < 1.29 is 28.9 Å². The number of Topliss-reactive ketones (excluding diaryl/α,β-unsaturated/α-hetero) is 1. The minimum atomic E-state index is -1.06. The van der Waals surface area contributed by atoms with Gasteiger partial charge in [-0.25, -0.2) is 9.37 Å². The molecule has 0 spiro atoms. The van der Waals surface area contributed by atoms with Crippen molar-refractivity contribution in [3.05, 3.63) is 88.7 Å². The van der Waals surface area contributed by atoms with E-state index in [4.69, 9.17) is 4.74 Å². The summed E-state index contributed by atoms with van der Waals surface area (Å²) in [5, 5.41) is 21.7. The minimum absolute atomic E-state index is 0.105. The van der Waals surface area contributed by atoms with Gasteiger partial charge in [-0.15, -0.1) is 0 Å². The number of benzene rings is 3. The highest BCUT2D eigenvalue weighted by Crippen LogP contribution is 2.45. The fraction of sp³-hybridized carbons (Fsp3) is 0.148. The zero-order valence-electron chi connectivity index (χ0n) is 19.4. The van der Waals surface area contributed by atoms with Crippen LogP contribution in [0.3, 0.4) is 0 Å². The molecule has 1 unspecified atom stereocenters. The molecule has 1 aliphatic heterocycles. The zero-order chi connectivity index (χ0) is 25.6. The first-order valence-corrected chi connectivity index (χ1v) is 12.0. The molecule has 36 heavy (non-hydrogen) atoms. The SMILES string of the molecule is CCOc1cc(C2C(=C(O)c3ccc(F)cc3)C(=O)C(=O)N2c2nc3ccc(C)cc3s2)ccc1O. The highest BCUT2D eigenvalue weighted by molar-refractivity contribution is 7.22. The van der Waals surface area contributed by atoms with Crippen molar-refractivity contribution in [1.82, 2.24) is 4.98 Å². The van der Waals surface area contributed by atoms with Gasteiger partial charge in [-0.05, 0) is 73.5 Å². The van der Waals surface area contributed by atoms with E-state index in [-0.39, 0.29) is 34.4 Å². The van der Waals surface area contributed by atoms with Crippen LogP contribution in [-0.4, -0.2) is 33.5 Å². The number of carbonyl (C=O) groups excluding carboxylic acids is 2. The van der Waals surface area contributed by atoms with Gasteiger partial charge in [0.25, 0.3) is 5.78 Å². The maximum Gasteiger partial charge on any atom is 0.301 e. The third kappa shape index (κ3) is 3.97. The van der Waals surface area contributed by atoms with Crippen LogP contribution in [0.4, 0.5) is 9.52 Å². The number of fused-ring (bicyclic) bond motifs is 1. The first kappa shape index (κ1) is 23.5. The van der Waals surface area contributed by atoms with E-state index in [1.54, 1.807) is 13.0 Å². The summed E-state index contributed by atoms with van der Waals surface area (Å²) in [5.41, 5.74) is 2.13. The van der Waals surface area contributed by atoms with E-state index in [1.165, 1.54) is 40.5 Å². The number of phenols is 1. The second-order valence-electron chi connectivity index (χ2n) is 8.30. The molecular formula is C27H21FN2O5S. The number of aliphatic hydroxyl groups excluding tert-OH is 1. The maximum absolute atomic E-state index is 13.5. The van der Waals surface area contributed by atoms with E-state index in [0.717, 1.165) is 22.4 Å². The minimum Gasteiger partial charge on any atom is -0.507 e. The molecule has 9 heteroatoms. The van der Waals surface area contributed by atoms with Gasteiger partial charge in [-0.3, -0.25) is 14.5 Å². The summed E-state index contributed by atoms with van der Waals surface area (Å²) in [7, 11) is 0. The number of phenolic OH excluding ortho intramolecular Hbond substituents is 1. The third-order valence-corrected chi connectivity index (χ3v) is 6.92. The fourth-order valence-electron chi connectivity index (χ4n) is 4.20. The maximum atomic E-state index is 13.5. The molecule has 5 rings (SSSR count). The number of anilines is 1. The highest BCUT2D eigenvalue weighted by atomic mass is 32.1. The monoisotopic (exact) mass is 504 g/mol. The summed E-state index contributed by atoms with van der Waals surface area (Å²) < 4.78 is 19.9. The summed E-state index contributed by atoms with van der Waals surface area (Å²) >= 11 is 1.25. The summed E-state index contributed by atoms with van der Waals surface area (Å²) in [5.74, 6) is -2.64. The van der Waals surface area contributed by atoms with Crippen molar-refractivity contribution in [2.24, 2.45) is 0 Å². The van der Waals surface area contributed by atoms with Crippen molar-refractivity contribution in [2.45, 2.75) is 19.9 Å². The Kier molecular flexibility index (Phi) is 5.93. The Hall–Kier alpha value is -4.24. The zero-order valence-corrected chi connectivity index (χ0v) is 20.2. The second-order valence-corrected chi connectivity index (χ2v) is 9.31. The number of rotatable bonds is 5. The predicted molar refractivity (Wildman–Crippen MR) is 135 cm³/mol. The van der Waals surface area contributed by atoms with Gasteiger partial charge in [-0.1, -0.05) is 23.5 Å². The summed E-state index contributed by atoms with van der Waals surface area (Å²) in [4.78, 5) is 32.5. The number of ether oxygens (including phenoxy) is 1. The number of amides is 1. The van der Waals surface area contributed by atoms with Crippen molar-refractivity contribution in [3.63, 3.8) is 0 Å². The Balaban J connectivity index is 1.74. The summed E-state index contributed by atoms with van der Waals surface area (Å²) in [6.45, 7) is 3.99. The van der Waals surface area contributed by atoms with Crippen LogP contribution in [0, 0.1) is 12.7 Å². The highest BCUT2D eigenvalue weighted by Gasteiger charge is 2.48. The third-order valence-electron chi connectivity index (χ3n) is 5.90. The number of hydrogen-bond acceptors (Lipinski definition) is 7. The lowest BCUT2D eigenvalue weighted by molar-refractivity contribution is -0.132. The lowest BCUT2D eigenvalue weighted by Gasteiger charge is -2.23. The molecule has 182 valence electrons. The summed E-state index contributed by atoms with van der Waals surface area (Å²) in [6.07, 6.45) is 0. The average Bonchev–Trinajstić information content (AvgIpc) is 3.38. The van der Waals surface area contributed by atoms with Gasteiger partial charge in [0.1, 0.15) is 11.6 Å². The van der Waals surface area contributed by atoms with Crippen molar-refractivity contribution in [2.75, 3.05) is 11.5 Å². The molecule has 2 N–H and O–H groups in total. The summed E-state index contributed by atoms with van der Waals surface area (Å²) in [6, 6.07) is 14.1. The Morgan fingerprint density at radius 3 is 2.58 bits per heavy atom. The number of nitrogens with zero attached hydrogens (tertiary/aromatic N) is 2. The van der Waals surface area contributed by atoms with Gasteiger partial charge in [0, 0.05) is 5.56 Å². The van der Waals surface area contributed by atoms with E-state index in [2.05, 4.69) is 4.98 Å². The van der Waals surface area contributed by atoms with Crippen LogP contribution < -0.4 is 9.64 Å². The van der Waals surface area contributed by atoms with E-state index < -0.39 is 29.3 Å². The largest absolute Gasteiger partial charge is 0.507 e. The molecule has 1 fully saturated rings. The van der Waals surface area contributed by atoms with E-state index in [9.17, 15) is 24.2 Å². The molecule has 0 saturated carbocycles. The van der Waals surface area contributed by atoms with E-state index in [0.29, 0.717) is 11.1 Å². The Morgan fingerprint density at radius 2 is 1.86 bits per heavy atom. The van der Waals surface area contributed by atoms with Crippen LogP contribution in [0.1, 0.15) is 29.7 Å². The number of aromatic hydroxyl groups is 1. The van der Waals surface area contributed by atoms with Gasteiger partial charge < -0.3 is 14.9 Å². The number of halogens is 1. The Morgan fingerprint density at radius 1 is 1.11 bits per heavy atom. The number of aliphatic hydroxyl groups is 1. The molecule has 3 aromatic carbocycles. The quantitative estimate of drug-likeness (QED) is 0.212. The average molecular weight is 505 g/mol. The van der Waals surface area contributed by atoms with Gasteiger partial charge in [0.2, 0.25) is 0 Å². The first-order valence-electron chi connectivity index (χ1n) is 11.2. The van der Waals surface area contributed by atoms with E-state index in [1.807, 2.05) is 25.1 Å². The van der Waals surface area contributed by atoms with Crippen LogP contribution in [0.5, 0.6) is 11.5 Å². The van der Waals surface area contributed by atoms with Crippen molar-refractivity contribution in [3.8, 4) is 11.5 Å². The van der Waals surface area contributed by atoms with Gasteiger partial charge in [0.05, 0.1) is 28.4 Å². The van der Waals surface area contributed by atoms with Crippen molar-refractivity contribution in [1.29, 1.82) is 0 Å². The topological polar surface area (TPSA) is 100.0 Å². The molecule has 0 radical (unpaired) electrons. The molecule has 1 saturated heterocycles. The molecule has 0 bridgehead atoms. The van der Waals surface area contributed by atoms with Crippen LogP contribution in [0.2, 0.25) is 0 Å². The smallest absolute Gasteiger partial charge is 0.301 e. The van der Waals surface area contributed by atoms with Gasteiger partial charge >= 0.3 is 5.91 Å². The Bertz CT molecular complexity index is 1540. The van der Waals surface area contributed by atoms with Crippen LogP contribution >= 0.6 is 11.3 Å². The molecular weight excluding hydrogens is 483 g/mol. The van der Waals surface area contributed by atoms with Crippen LogP contribution in [0.25, 0.3) is 16.0 Å². The number of ketones is 1. The van der Waals surface area contributed by atoms with Gasteiger partial charge in [0.15, 0.2) is 16.6 Å². The Labute approximate surface area is 209 Å². The molecule has 0 aliphatic carbocycles. The fourth-order valence-corrected chi connectivity index (χ4v) is 5.29. The van der Waals surface area contributed by atoms with Crippen molar-refractivity contribution >= 4 is 44.1 Å². The molecule has 1 atom stereocenters.